The fraction of sp³-hybridized carbons (Fsp3) is 0.455. The third-order valence-electron chi connectivity index (χ3n) is 2.43. The van der Waals surface area contributed by atoms with E-state index in [2.05, 4.69) is 17.6 Å². The third kappa shape index (κ3) is 2.47. The molecule has 0 aliphatic rings. The van der Waals surface area contributed by atoms with Crippen LogP contribution in [0.5, 0.6) is 5.75 Å². The summed E-state index contributed by atoms with van der Waals surface area (Å²) < 4.78 is 5.21. The van der Waals surface area contributed by atoms with Gasteiger partial charge in [-0.25, -0.2) is 0 Å². The lowest BCUT2D eigenvalue weighted by Crippen LogP contribution is -2.31. The van der Waals surface area contributed by atoms with Gasteiger partial charge in [0.1, 0.15) is 11.6 Å². The van der Waals surface area contributed by atoms with Crippen LogP contribution in [0, 0.1) is 5.41 Å². The van der Waals surface area contributed by atoms with Gasteiger partial charge in [-0.15, -0.1) is 12.6 Å². The maximum atomic E-state index is 8.14. The van der Waals surface area contributed by atoms with Crippen molar-refractivity contribution in [1.29, 1.82) is 5.41 Å². The minimum atomic E-state index is 0.425. The number of amidine groups is 1. The molecule has 16 heavy (non-hydrogen) atoms. The van der Waals surface area contributed by atoms with Gasteiger partial charge in [0.15, 0.2) is 0 Å². The van der Waals surface area contributed by atoms with Gasteiger partial charge in [0.05, 0.1) is 18.9 Å². The van der Waals surface area contributed by atoms with Crippen LogP contribution in [0.3, 0.4) is 0 Å². The second-order valence-corrected chi connectivity index (χ2v) is 3.74. The molecule has 1 aromatic heterocycles. The van der Waals surface area contributed by atoms with E-state index in [9.17, 15) is 0 Å². The van der Waals surface area contributed by atoms with Crippen molar-refractivity contribution in [2.45, 2.75) is 18.7 Å². The Balaban J connectivity index is 3.16. The highest BCUT2D eigenvalue weighted by Crippen LogP contribution is 2.24. The maximum Gasteiger partial charge on any atom is 0.149 e. The van der Waals surface area contributed by atoms with Crippen molar-refractivity contribution >= 4 is 18.5 Å². The van der Waals surface area contributed by atoms with Crippen LogP contribution >= 0.6 is 12.6 Å². The molecule has 1 aromatic rings. The number of ether oxygens (including phenoxy) is 1. The van der Waals surface area contributed by atoms with Crippen LogP contribution in [0.1, 0.15) is 19.4 Å². The van der Waals surface area contributed by atoms with Crippen LogP contribution in [0.15, 0.2) is 17.3 Å². The first-order valence-corrected chi connectivity index (χ1v) is 5.65. The fourth-order valence-corrected chi connectivity index (χ4v) is 1.80. The Hall–Kier alpha value is -1.23. The summed E-state index contributed by atoms with van der Waals surface area (Å²) in [6, 6.07) is 0. The molecular formula is C11H17N3OS. The Bertz CT molecular complexity index is 377. The molecule has 0 amide bonds. The van der Waals surface area contributed by atoms with Gasteiger partial charge in [-0.3, -0.25) is 10.4 Å². The van der Waals surface area contributed by atoms with Crippen molar-refractivity contribution in [3.05, 3.63) is 18.0 Å². The van der Waals surface area contributed by atoms with Crippen molar-refractivity contribution < 1.29 is 4.74 Å². The Labute approximate surface area is 102 Å². The molecule has 0 aliphatic carbocycles. The zero-order valence-corrected chi connectivity index (χ0v) is 10.7. The zero-order valence-electron chi connectivity index (χ0n) is 9.82. The first kappa shape index (κ1) is 12.8. The lowest BCUT2D eigenvalue weighted by Gasteiger charge is -2.23. The number of hydrogen-bond donors (Lipinski definition) is 2. The molecule has 0 spiro atoms. The molecule has 1 rings (SSSR count). The number of nitrogens with one attached hydrogen (secondary N) is 1. The summed E-state index contributed by atoms with van der Waals surface area (Å²) >= 11 is 4.32. The average Bonchev–Trinajstić information content (AvgIpc) is 2.29. The molecule has 0 radical (unpaired) electrons. The second-order valence-electron chi connectivity index (χ2n) is 3.26. The summed E-state index contributed by atoms with van der Waals surface area (Å²) in [6.07, 6.45) is 3.23. The van der Waals surface area contributed by atoms with Crippen molar-refractivity contribution in [2.75, 3.05) is 20.2 Å². The normalized spacial score (nSPS) is 10.0. The number of thiol groups is 1. The number of rotatable bonds is 4. The van der Waals surface area contributed by atoms with E-state index in [0.29, 0.717) is 22.0 Å². The van der Waals surface area contributed by atoms with Crippen LogP contribution in [0.2, 0.25) is 0 Å². The molecule has 0 aromatic carbocycles. The third-order valence-corrected chi connectivity index (χ3v) is 2.77. The molecule has 0 fully saturated rings. The number of aromatic nitrogens is 1. The van der Waals surface area contributed by atoms with E-state index in [1.807, 2.05) is 18.7 Å². The molecule has 5 heteroatoms. The molecule has 0 saturated carbocycles. The largest absolute Gasteiger partial charge is 0.494 e. The van der Waals surface area contributed by atoms with Gasteiger partial charge >= 0.3 is 0 Å². The van der Waals surface area contributed by atoms with Crippen LogP contribution in [0.25, 0.3) is 0 Å². The molecular weight excluding hydrogens is 222 g/mol. The summed E-state index contributed by atoms with van der Waals surface area (Å²) in [5.74, 6) is 1.01. The summed E-state index contributed by atoms with van der Waals surface area (Å²) in [5.41, 5.74) is 0.699. The first-order chi connectivity index (χ1) is 7.65. The zero-order chi connectivity index (χ0) is 12.1. The number of nitrogens with zero attached hydrogens (tertiary/aromatic N) is 2. The molecule has 0 aliphatic heterocycles. The van der Waals surface area contributed by atoms with E-state index in [0.717, 1.165) is 13.1 Å². The van der Waals surface area contributed by atoms with Crippen LogP contribution in [0.4, 0.5) is 0 Å². The molecule has 88 valence electrons. The predicted octanol–water partition coefficient (Wildman–Crippen LogP) is 2.05. The Kier molecular flexibility index (Phi) is 4.61. The Morgan fingerprint density at radius 3 is 2.56 bits per heavy atom. The van der Waals surface area contributed by atoms with Crippen LogP contribution < -0.4 is 4.74 Å². The standard InChI is InChI=1S/C11H17N3OS/c1-4-14(5-2)11(12)10-8(15-3)6-13-7-9(10)16/h6-7,12,16H,4-5H2,1-3H3. The van der Waals surface area contributed by atoms with E-state index in [1.54, 1.807) is 19.5 Å². The molecule has 0 unspecified atom stereocenters. The molecule has 1 N–H and O–H groups in total. The second kappa shape index (κ2) is 5.75. The topological polar surface area (TPSA) is 49.2 Å². The number of methoxy groups -OCH3 is 1. The van der Waals surface area contributed by atoms with Crippen molar-refractivity contribution in [3.8, 4) is 5.75 Å². The fourth-order valence-electron chi connectivity index (χ4n) is 1.52. The van der Waals surface area contributed by atoms with Crippen molar-refractivity contribution in [2.24, 2.45) is 0 Å². The number of hydrogen-bond acceptors (Lipinski definition) is 4. The lowest BCUT2D eigenvalue weighted by atomic mass is 10.2. The number of pyridine rings is 1. The first-order valence-electron chi connectivity index (χ1n) is 5.20. The average molecular weight is 239 g/mol. The van der Waals surface area contributed by atoms with Gasteiger partial charge in [-0.2, -0.15) is 0 Å². The van der Waals surface area contributed by atoms with Crippen LogP contribution in [-0.4, -0.2) is 35.9 Å². The molecule has 4 nitrogen and oxygen atoms in total. The van der Waals surface area contributed by atoms with E-state index in [4.69, 9.17) is 10.1 Å². The van der Waals surface area contributed by atoms with Gasteiger partial charge in [0.25, 0.3) is 0 Å². The molecule has 1 heterocycles. The van der Waals surface area contributed by atoms with Gasteiger partial charge in [-0.1, -0.05) is 0 Å². The quantitative estimate of drug-likeness (QED) is 0.480. The summed E-state index contributed by atoms with van der Waals surface area (Å²) in [6.45, 7) is 5.61. The van der Waals surface area contributed by atoms with E-state index >= 15 is 0 Å². The smallest absolute Gasteiger partial charge is 0.149 e. The summed E-state index contributed by atoms with van der Waals surface area (Å²) in [7, 11) is 1.57. The van der Waals surface area contributed by atoms with E-state index in [-0.39, 0.29) is 0 Å². The van der Waals surface area contributed by atoms with Crippen molar-refractivity contribution in [1.82, 2.24) is 9.88 Å². The predicted molar refractivity (Wildman–Crippen MR) is 67.8 cm³/mol. The van der Waals surface area contributed by atoms with E-state index in [1.165, 1.54) is 0 Å². The van der Waals surface area contributed by atoms with Crippen LogP contribution in [-0.2, 0) is 0 Å². The lowest BCUT2D eigenvalue weighted by molar-refractivity contribution is 0.406. The molecule has 0 bridgehead atoms. The van der Waals surface area contributed by atoms with Gasteiger partial charge in [0.2, 0.25) is 0 Å². The minimum Gasteiger partial charge on any atom is -0.494 e. The van der Waals surface area contributed by atoms with E-state index < -0.39 is 0 Å². The Morgan fingerprint density at radius 1 is 1.44 bits per heavy atom. The highest BCUT2D eigenvalue weighted by molar-refractivity contribution is 7.80. The summed E-state index contributed by atoms with van der Waals surface area (Å²) in [5, 5.41) is 8.14. The minimum absolute atomic E-state index is 0.425. The molecule has 0 atom stereocenters. The Morgan fingerprint density at radius 2 is 2.06 bits per heavy atom. The highest BCUT2D eigenvalue weighted by atomic mass is 32.1. The maximum absolute atomic E-state index is 8.14. The van der Waals surface area contributed by atoms with Gasteiger partial charge in [0, 0.05) is 24.2 Å². The molecule has 0 saturated heterocycles. The summed E-state index contributed by atoms with van der Waals surface area (Å²) in [4.78, 5) is 6.60. The SMILES string of the molecule is CCN(CC)C(=N)c1c(S)cncc1OC. The highest BCUT2D eigenvalue weighted by Gasteiger charge is 2.16. The monoisotopic (exact) mass is 239 g/mol. The van der Waals surface area contributed by atoms with Crippen molar-refractivity contribution in [3.63, 3.8) is 0 Å². The van der Waals surface area contributed by atoms with Gasteiger partial charge < -0.3 is 9.64 Å². The van der Waals surface area contributed by atoms with Gasteiger partial charge in [-0.05, 0) is 13.8 Å².